The fraction of sp³-hybridized carbons (Fsp3) is 0.286. The van der Waals surface area contributed by atoms with Gasteiger partial charge >= 0.3 is 0 Å². The molecule has 8 atom stereocenters. The van der Waals surface area contributed by atoms with Crippen LogP contribution in [0.1, 0.15) is 48.6 Å². The van der Waals surface area contributed by atoms with E-state index in [1.165, 1.54) is 46.6 Å². The van der Waals surface area contributed by atoms with Crippen molar-refractivity contribution in [1.29, 1.82) is 0 Å². The summed E-state index contributed by atoms with van der Waals surface area (Å²) in [4.78, 5) is 5.34. The van der Waals surface area contributed by atoms with Gasteiger partial charge < -0.3 is 9.80 Å². The average molecular weight is 573 g/mol. The van der Waals surface area contributed by atoms with E-state index in [-0.39, 0.29) is 0 Å². The molecule has 9 rings (SSSR count). The molecule has 8 unspecified atom stereocenters. The summed E-state index contributed by atoms with van der Waals surface area (Å²) in [5.41, 5.74) is 8.45. The van der Waals surface area contributed by atoms with Crippen LogP contribution in [0.25, 0.3) is 0 Å². The maximum Gasteiger partial charge on any atom is 0.0592 e. The van der Waals surface area contributed by atoms with E-state index < -0.39 is 0 Å². The topological polar surface area (TPSA) is 6.48 Å². The lowest BCUT2D eigenvalue weighted by molar-refractivity contribution is 0.397. The molecule has 0 N–H and O–H groups in total. The van der Waals surface area contributed by atoms with Gasteiger partial charge in [-0.05, 0) is 78.6 Å². The summed E-state index contributed by atoms with van der Waals surface area (Å²) in [6.07, 6.45) is 31.4. The molecular formula is C42H40N2. The van der Waals surface area contributed by atoms with Crippen molar-refractivity contribution in [3.05, 3.63) is 162 Å². The minimum Gasteiger partial charge on any atom is -0.358 e. The number of hydrogen-bond donors (Lipinski definition) is 0. The van der Waals surface area contributed by atoms with Gasteiger partial charge in [0.05, 0.1) is 18.1 Å². The van der Waals surface area contributed by atoms with Crippen LogP contribution in [0.2, 0.25) is 0 Å². The third-order valence-electron chi connectivity index (χ3n) is 11.2. The average Bonchev–Trinajstić information content (AvgIpc) is 3.61. The molecule has 0 amide bonds. The Balaban J connectivity index is 1.05. The summed E-state index contributed by atoms with van der Waals surface area (Å²) in [7, 11) is 0. The molecule has 218 valence electrons. The first kappa shape index (κ1) is 26.1. The number of hydrogen-bond acceptors (Lipinski definition) is 2. The summed E-state index contributed by atoms with van der Waals surface area (Å²) < 4.78 is 0. The van der Waals surface area contributed by atoms with Crippen molar-refractivity contribution in [1.82, 2.24) is 0 Å². The first-order valence-corrected chi connectivity index (χ1v) is 16.7. The molecule has 44 heavy (non-hydrogen) atoms. The number of nitrogens with zero attached hydrogens (tertiary/aromatic N) is 2. The Bertz CT molecular complexity index is 1740. The van der Waals surface area contributed by atoms with Crippen LogP contribution in [0.5, 0.6) is 0 Å². The molecule has 2 heterocycles. The molecule has 4 aliphatic carbocycles. The Hall–Kier alpha value is -4.30. The van der Waals surface area contributed by atoms with Crippen molar-refractivity contribution in [2.75, 3.05) is 9.80 Å². The molecule has 2 nitrogen and oxygen atoms in total. The normalized spacial score (nSPS) is 32.7. The number of para-hydroxylation sites is 2. The predicted octanol–water partition coefficient (Wildman–Crippen LogP) is 9.80. The molecule has 0 radical (unpaired) electrons. The van der Waals surface area contributed by atoms with Gasteiger partial charge in [0.15, 0.2) is 0 Å². The largest absolute Gasteiger partial charge is 0.358 e. The van der Waals surface area contributed by atoms with Crippen molar-refractivity contribution in [3.8, 4) is 0 Å². The third kappa shape index (κ3) is 4.22. The van der Waals surface area contributed by atoms with Gasteiger partial charge in [0, 0.05) is 40.7 Å². The van der Waals surface area contributed by atoms with E-state index in [2.05, 4.69) is 155 Å². The standard InChI is InChI=1S/C42H40N2/c1-3-12-29(13-4-1)30-14-11-17-34(26-30)44-40-21-10-8-19-36(40)38-27-31(23-25-41(38)44)32-22-24-37-35-18-7-9-20-39(35)43(42(37)28-32)33-15-5-2-6-16-33/h1-6,8-12,14-17,19-26,28-29,31,35,37-39,41-42H,7,13,18,27H2. The highest BCUT2D eigenvalue weighted by molar-refractivity contribution is 5.74. The van der Waals surface area contributed by atoms with E-state index in [9.17, 15) is 0 Å². The summed E-state index contributed by atoms with van der Waals surface area (Å²) in [5.74, 6) is 2.64. The second-order valence-corrected chi connectivity index (χ2v) is 13.5. The van der Waals surface area contributed by atoms with Crippen molar-refractivity contribution in [2.45, 2.75) is 55.6 Å². The first-order chi connectivity index (χ1) is 21.8. The maximum absolute atomic E-state index is 2.72. The van der Waals surface area contributed by atoms with Crippen molar-refractivity contribution in [2.24, 2.45) is 17.8 Å². The Kier molecular flexibility index (Phi) is 6.35. The highest BCUT2D eigenvalue weighted by atomic mass is 15.2. The van der Waals surface area contributed by atoms with Gasteiger partial charge in [-0.25, -0.2) is 0 Å². The van der Waals surface area contributed by atoms with E-state index in [0.29, 0.717) is 47.7 Å². The maximum atomic E-state index is 2.72. The van der Waals surface area contributed by atoms with Gasteiger partial charge in [-0.2, -0.15) is 0 Å². The van der Waals surface area contributed by atoms with Crippen LogP contribution in [-0.4, -0.2) is 18.1 Å². The zero-order chi connectivity index (χ0) is 29.0. The second kappa shape index (κ2) is 10.7. The lowest BCUT2D eigenvalue weighted by Gasteiger charge is -2.36. The number of anilines is 3. The fourth-order valence-electron chi connectivity index (χ4n) is 9.23. The number of benzene rings is 3. The summed E-state index contributed by atoms with van der Waals surface area (Å²) in [6.45, 7) is 0. The van der Waals surface area contributed by atoms with E-state index in [4.69, 9.17) is 0 Å². The van der Waals surface area contributed by atoms with E-state index in [1.807, 2.05) is 0 Å². The first-order valence-electron chi connectivity index (χ1n) is 16.7. The fourth-order valence-corrected chi connectivity index (χ4v) is 9.23. The van der Waals surface area contributed by atoms with Crippen LogP contribution < -0.4 is 9.80 Å². The van der Waals surface area contributed by atoms with Gasteiger partial charge in [0.25, 0.3) is 0 Å². The SMILES string of the molecule is C1=CCC(c2cccc(N3c4ccccc4C4CC(C5=CC6C(C=C5)C5CCC=CC5N6c5ccccc5)C=CC43)c2)C=C1. The van der Waals surface area contributed by atoms with Crippen LogP contribution in [0, 0.1) is 17.8 Å². The lowest BCUT2D eigenvalue weighted by Crippen LogP contribution is -2.37. The van der Waals surface area contributed by atoms with E-state index >= 15 is 0 Å². The minimum absolute atomic E-state index is 0.349. The highest BCUT2D eigenvalue weighted by Gasteiger charge is 2.48. The Labute approximate surface area is 262 Å². The van der Waals surface area contributed by atoms with Crippen LogP contribution >= 0.6 is 0 Å². The Morgan fingerprint density at radius 3 is 2.45 bits per heavy atom. The molecule has 3 aromatic carbocycles. The molecule has 0 aromatic heterocycles. The van der Waals surface area contributed by atoms with Crippen LogP contribution in [0.3, 0.4) is 0 Å². The van der Waals surface area contributed by atoms with Gasteiger partial charge in [0.1, 0.15) is 0 Å². The number of allylic oxidation sites excluding steroid dienone is 8. The molecule has 0 spiro atoms. The van der Waals surface area contributed by atoms with Crippen molar-refractivity contribution < 1.29 is 0 Å². The smallest absolute Gasteiger partial charge is 0.0592 e. The van der Waals surface area contributed by atoms with Gasteiger partial charge in [0.2, 0.25) is 0 Å². The van der Waals surface area contributed by atoms with Gasteiger partial charge in [-0.1, -0.05) is 115 Å². The Morgan fingerprint density at radius 1 is 0.659 bits per heavy atom. The van der Waals surface area contributed by atoms with Crippen LogP contribution in [-0.2, 0) is 0 Å². The molecule has 0 bridgehead atoms. The van der Waals surface area contributed by atoms with Gasteiger partial charge in [-0.15, -0.1) is 0 Å². The van der Waals surface area contributed by atoms with E-state index in [0.717, 1.165) is 12.8 Å². The zero-order valence-corrected chi connectivity index (χ0v) is 25.2. The van der Waals surface area contributed by atoms with E-state index in [1.54, 1.807) is 0 Å². The molecule has 0 saturated carbocycles. The summed E-state index contributed by atoms with van der Waals surface area (Å²) in [5, 5.41) is 0. The lowest BCUT2D eigenvalue weighted by atomic mass is 9.74. The summed E-state index contributed by atoms with van der Waals surface area (Å²) >= 11 is 0. The molecule has 1 saturated heterocycles. The van der Waals surface area contributed by atoms with Gasteiger partial charge in [-0.3, -0.25) is 0 Å². The highest BCUT2D eigenvalue weighted by Crippen LogP contribution is 2.53. The quantitative estimate of drug-likeness (QED) is 0.287. The molecular weight excluding hydrogens is 532 g/mol. The van der Waals surface area contributed by atoms with Crippen LogP contribution in [0.15, 0.2) is 151 Å². The Morgan fingerprint density at radius 2 is 1.55 bits per heavy atom. The molecule has 1 fully saturated rings. The minimum atomic E-state index is 0.349. The van der Waals surface area contributed by atoms with Crippen molar-refractivity contribution in [3.63, 3.8) is 0 Å². The van der Waals surface area contributed by atoms with Crippen LogP contribution in [0.4, 0.5) is 17.1 Å². The number of rotatable bonds is 4. The molecule has 2 aliphatic heterocycles. The monoisotopic (exact) mass is 572 g/mol. The third-order valence-corrected chi connectivity index (χ3v) is 11.2. The zero-order valence-electron chi connectivity index (χ0n) is 25.2. The molecule has 3 aromatic rings. The predicted molar refractivity (Wildman–Crippen MR) is 184 cm³/mol. The van der Waals surface area contributed by atoms with Crippen molar-refractivity contribution >= 4 is 17.1 Å². The number of fused-ring (bicyclic) bond motifs is 6. The summed E-state index contributed by atoms with van der Waals surface area (Å²) in [6, 6.07) is 30.8. The second-order valence-electron chi connectivity index (χ2n) is 13.5. The molecule has 2 heteroatoms. The molecule has 6 aliphatic rings.